The molecule has 4 N–H and O–H groups in total. The summed E-state index contributed by atoms with van der Waals surface area (Å²) >= 11 is 0. The Balaban J connectivity index is 1.52. The SMILES string of the molecule is CC[C@H](C)[C@H](NC(C)=O)C(=O)NC1CCc2ccn3c2C1C(=O)CC(C(=O)NCc1cn[nH]n1)C3. The molecule has 1 aliphatic heterocycles. The number of aromatic amines is 1. The summed E-state index contributed by atoms with van der Waals surface area (Å²) in [5.41, 5.74) is 2.58. The average molecular weight is 484 g/mol. The van der Waals surface area contributed by atoms with Gasteiger partial charge in [-0.05, 0) is 30.4 Å². The Bertz CT molecular complexity index is 1090. The van der Waals surface area contributed by atoms with Crippen LogP contribution in [-0.4, -0.2) is 55.6 Å². The number of carbonyl (C=O) groups excluding carboxylic acids is 4. The largest absolute Gasteiger partial charge is 0.350 e. The maximum absolute atomic E-state index is 13.5. The van der Waals surface area contributed by atoms with Crippen LogP contribution in [0.1, 0.15) is 62.9 Å². The van der Waals surface area contributed by atoms with E-state index in [-0.39, 0.29) is 42.4 Å². The van der Waals surface area contributed by atoms with Crippen molar-refractivity contribution in [3.63, 3.8) is 0 Å². The molecule has 2 aromatic rings. The zero-order valence-electron chi connectivity index (χ0n) is 20.3. The molecule has 35 heavy (non-hydrogen) atoms. The third kappa shape index (κ3) is 5.28. The van der Waals surface area contributed by atoms with Gasteiger partial charge in [0, 0.05) is 37.8 Å². The number of aryl methyl sites for hydroxylation is 1. The van der Waals surface area contributed by atoms with Crippen LogP contribution in [-0.2, 0) is 38.7 Å². The maximum atomic E-state index is 13.5. The molecule has 3 amide bonds. The van der Waals surface area contributed by atoms with Gasteiger partial charge in [-0.25, -0.2) is 0 Å². The van der Waals surface area contributed by atoms with Crippen molar-refractivity contribution in [3.8, 4) is 0 Å². The smallest absolute Gasteiger partial charge is 0.243 e. The first kappa shape index (κ1) is 24.6. The number of nitrogens with zero attached hydrogens (tertiary/aromatic N) is 3. The molecule has 188 valence electrons. The Morgan fingerprint density at radius 3 is 2.80 bits per heavy atom. The Hall–Kier alpha value is -3.50. The first-order chi connectivity index (χ1) is 16.8. The van der Waals surface area contributed by atoms with E-state index in [0.29, 0.717) is 18.7 Å². The predicted octanol–water partition coefficient (Wildman–Crippen LogP) is 0.577. The minimum absolute atomic E-state index is 0.0514. The maximum Gasteiger partial charge on any atom is 0.243 e. The van der Waals surface area contributed by atoms with Crippen molar-refractivity contribution in [3.05, 3.63) is 35.4 Å². The van der Waals surface area contributed by atoms with E-state index in [4.69, 9.17) is 0 Å². The lowest BCUT2D eigenvalue weighted by Crippen LogP contribution is -2.54. The number of amides is 3. The number of rotatable bonds is 8. The minimum atomic E-state index is -0.665. The van der Waals surface area contributed by atoms with Crippen LogP contribution in [0.3, 0.4) is 0 Å². The molecule has 0 radical (unpaired) electrons. The molecule has 0 saturated carbocycles. The van der Waals surface area contributed by atoms with Crippen LogP contribution in [0.25, 0.3) is 0 Å². The lowest BCUT2D eigenvalue weighted by Gasteiger charge is -2.34. The van der Waals surface area contributed by atoms with Crippen molar-refractivity contribution >= 4 is 23.5 Å². The molecular weight excluding hydrogens is 450 g/mol. The lowest BCUT2D eigenvalue weighted by molar-refractivity contribution is -0.132. The average Bonchev–Trinajstić information content (AvgIpc) is 3.46. The van der Waals surface area contributed by atoms with Crippen LogP contribution < -0.4 is 16.0 Å². The molecule has 1 aliphatic carbocycles. The van der Waals surface area contributed by atoms with E-state index in [2.05, 4.69) is 31.4 Å². The number of Topliss-reactive ketones (excluding diaryl/α,β-unsaturated/α-hetero) is 1. The van der Waals surface area contributed by atoms with Crippen LogP contribution in [0.4, 0.5) is 0 Å². The zero-order chi connectivity index (χ0) is 25.1. The number of nitrogens with one attached hydrogen (secondary N) is 4. The fourth-order valence-corrected chi connectivity index (χ4v) is 5.15. The quantitative estimate of drug-likeness (QED) is 0.431. The molecule has 3 unspecified atom stereocenters. The molecule has 3 heterocycles. The first-order valence-corrected chi connectivity index (χ1v) is 12.2. The van der Waals surface area contributed by atoms with Gasteiger partial charge in [-0.15, -0.1) is 0 Å². The van der Waals surface area contributed by atoms with E-state index in [9.17, 15) is 19.2 Å². The van der Waals surface area contributed by atoms with Crippen molar-refractivity contribution < 1.29 is 19.2 Å². The normalized spacial score (nSPS) is 22.9. The topological polar surface area (TPSA) is 151 Å². The highest BCUT2D eigenvalue weighted by molar-refractivity contribution is 5.93. The van der Waals surface area contributed by atoms with Gasteiger partial charge in [0.15, 0.2) is 0 Å². The molecule has 2 aromatic heterocycles. The summed E-state index contributed by atoms with van der Waals surface area (Å²) in [6.07, 6.45) is 5.63. The van der Waals surface area contributed by atoms with Gasteiger partial charge in [0.25, 0.3) is 0 Å². The van der Waals surface area contributed by atoms with Gasteiger partial charge >= 0.3 is 0 Å². The van der Waals surface area contributed by atoms with Crippen LogP contribution in [0.5, 0.6) is 0 Å². The van der Waals surface area contributed by atoms with Gasteiger partial charge < -0.3 is 20.5 Å². The van der Waals surface area contributed by atoms with Crippen molar-refractivity contribution in [2.45, 2.75) is 77.5 Å². The molecule has 4 rings (SSSR count). The molecule has 0 fully saturated rings. The van der Waals surface area contributed by atoms with E-state index in [1.807, 2.05) is 30.7 Å². The van der Waals surface area contributed by atoms with Crippen LogP contribution in [0, 0.1) is 11.8 Å². The summed E-state index contributed by atoms with van der Waals surface area (Å²) < 4.78 is 1.99. The zero-order valence-corrected chi connectivity index (χ0v) is 20.3. The Morgan fingerprint density at radius 1 is 1.31 bits per heavy atom. The Morgan fingerprint density at radius 2 is 2.11 bits per heavy atom. The standard InChI is InChI=1S/C24H33N7O4/c1-4-13(2)21(27-14(3)32)24(35)28-18-6-5-15-7-8-31-12-16(9-19(33)20(18)22(15)31)23(34)25-10-17-11-26-30-29-17/h7-8,11,13,16,18,20-21H,4-6,9-10,12H2,1-3H3,(H,25,34)(H,27,32)(H,28,35)(H,26,29,30)/t13-,16?,18?,20?,21-/m0/s1. The van der Waals surface area contributed by atoms with Crippen LogP contribution in [0.15, 0.2) is 18.5 Å². The summed E-state index contributed by atoms with van der Waals surface area (Å²) in [6, 6.07) is 0.942. The van der Waals surface area contributed by atoms with Gasteiger partial charge in [-0.2, -0.15) is 15.4 Å². The highest BCUT2D eigenvalue weighted by Crippen LogP contribution is 2.38. The van der Waals surface area contributed by atoms with Crippen LogP contribution in [0.2, 0.25) is 0 Å². The summed E-state index contributed by atoms with van der Waals surface area (Å²) in [7, 11) is 0. The molecule has 0 bridgehead atoms. The van der Waals surface area contributed by atoms with E-state index in [1.165, 1.54) is 13.1 Å². The highest BCUT2D eigenvalue weighted by Gasteiger charge is 2.42. The lowest BCUT2D eigenvalue weighted by atomic mass is 9.79. The van der Waals surface area contributed by atoms with Gasteiger partial charge in [-0.1, -0.05) is 20.3 Å². The second-order valence-electron chi connectivity index (χ2n) is 9.62. The summed E-state index contributed by atoms with van der Waals surface area (Å²) in [6.45, 7) is 5.90. The second kappa shape index (κ2) is 10.4. The third-order valence-electron chi connectivity index (χ3n) is 7.19. The monoisotopic (exact) mass is 483 g/mol. The van der Waals surface area contributed by atoms with Crippen molar-refractivity contribution in [1.82, 2.24) is 35.9 Å². The molecule has 2 aliphatic rings. The van der Waals surface area contributed by atoms with Gasteiger partial charge in [0.2, 0.25) is 17.7 Å². The van der Waals surface area contributed by atoms with E-state index >= 15 is 0 Å². The fraction of sp³-hybridized carbons (Fsp3) is 0.583. The molecule has 11 nitrogen and oxygen atoms in total. The molecule has 11 heteroatoms. The Kier molecular flexibility index (Phi) is 7.32. The summed E-state index contributed by atoms with van der Waals surface area (Å²) in [5, 5.41) is 18.9. The third-order valence-corrected chi connectivity index (χ3v) is 7.19. The van der Waals surface area contributed by atoms with Crippen molar-refractivity contribution in [2.24, 2.45) is 11.8 Å². The first-order valence-electron chi connectivity index (χ1n) is 12.2. The molecular formula is C24H33N7O4. The highest BCUT2D eigenvalue weighted by atomic mass is 16.2. The number of carbonyl (C=O) groups is 4. The second-order valence-corrected chi connectivity index (χ2v) is 9.62. The van der Waals surface area contributed by atoms with Crippen molar-refractivity contribution in [1.29, 1.82) is 0 Å². The van der Waals surface area contributed by atoms with E-state index in [1.54, 1.807) is 0 Å². The number of ketones is 1. The van der Waals surface area contributed by atoms with E-state index < -0.39 is 23.9 Å². The molecule has 0 saturated heterocycles. The number of aromatic nitrogens is 4. The predicted molar refractivity (Wildman–Crippen MR) is 126 cm³/mol. The van der Waals surface area contributed by atoms with Crippen LogP contribution >= 0.6 is 0 Å². The number of hydrogen-bond acceptors (Lipinski definition) is 6. The molecule has 0 aromatic carbocycles. The minimum Gasteiger partial charge on any atom is -0.350 e. The summed E-state index contributed by atoms with van der Waals surface area (Å²) in [4.78, 5) is 51.4. The van der Waals surface area contributed by atoms with Gasteiger partial charge in [0.1, 0.15) is 17.5 Å². The fourth-order valence-electron chi connectivity index (χ4n) is 5.15. The molecule has 0 spiro atoms. The van der Waals surface area contributed by atoms with E-state index in [0.717, 1.165) is 24.1 Å². The molecule has 5 atom stereocenters. The summed E-state index contributed by atoms with van der Waals surface area (Å²) in [5.74, 6) is -1.93. The van der Waals surface area contributed by atoms with Gasteiger partial charge in [0.05, 0.1) is 24.6 Å². The number of hydrogen-bond donors (Lipinski definition) is 4. The van der Waals surface area contributed by atoms with Gasteiger partial charge in [-0.3, -0.25) is 19.2 Å². The Labute approximate surface area is 203 Å². The van der Waals surface area contributed by atoms with Crippen molar-refractivity contribution in [2.75, 3.05) is 0 Å². The number of H-pyrrole nitrogens is 1.